The van der Waals surface area contributed by atoms with Crippen LogP contribution in [-0.2, 0) is 14.3 Å². The molecule has 5 heteroatoms. The van der Waals surface area contributed by atoms with Gasteiger partial charge in [-0.2, -0.15) is 0 Å². The third-order valence-electron chi connectivity index (χ3n) is 3.44. The molecular formula is C16H16O5. The smallest absolute Gasteiger partial charge is 0.345 e. The minimum atomic E-state index is -1.34. The van der Waals surface area contributed by atoms with E-state index in [2.05, 4.69) is 0 Å². The lowest BCUT2D eigenvalue weighted by Crippen LogP contribution is -2.34. The summed E-state index contributed by atoms with van der Waals surface area (Å²) in [5.74, 6) is -4.86. The zero-order valence-corrected chi connectivity index (χ0v) is 11.4. The van der Waals surface area contributed by atoms with Gasteiger partial charge < -0.3 is 9.84 Å². The Balaban J connectivity index is 2.09. The fraction of sp³-hybridized carbons (Fsp3) is 0.312. The third kappa shape index (κ3) is 3.78. The Morgan fingerprint density at radius 2 is 1.90 bits per heavy atom. The van der Waals surface area contributed by atoms with Crippen molar-refractivity contribution in [3.05, 3.63) is 48.0 Å². The van der Waals surface area contributed by atoms with E-state index in [0.717, 1.165) is 12.8 Å². The first kappa shape index (κ1) is 15.0. The van der Waals surface area contributed by atoms with Gasteiger partial charge in [0.1, 0.15) is 0 Å². The summed E-state index contributed by atoms with van der Waals surface area (Å²) in [6.45, 7) is 0. The predicted molar refractivity (Wildman–Crippen MR) is 74.5 cm³/mol. The van der Waals surface area contributed by atoms with Crippen molar-refractivity contribution in [2.75, 3.05) is 0 Å². The average molecular weight is 288 g/mol. The standard InChI is InChI=1S/C16H16O5/c17-14(18)13(11-7-3-1-4-8-11)16(20)21-15(19)12-9-5-2-6-10-12/h2-3,5-7,9-11,13H,1,4,8H2,(H,17,18). The number of allylic oxidation sites excluding steroid dienone is 2. The maximum absolute atomic E-state index is 12.0. The van der Waals surface area contributed by atoms with Crippen LogP contribution in [0.1, 0.15) is 29.6 Å². The predicted octanol–water partition coefficient (Wildman–Crippen LogP) is 2.43. The van der Waals surface area contributed by atoms with Crippen LogP contribution in [0.15, 0.2) is 42.5 Å². The van der Waals surface area contributed by atoms with E-state index in [1.165, 1.54) is 12.1 Å². The summed E-state index contributed by atoms with van der Waals surface area (Å²) < 4.78 is 4.72. The highest BCUT2D eigenvalue weighted by Gasteiger charge is 2.36. The second kappa shape index (κ2) is 6.83. The zero-order chi connectivity index (χ0) is 15.2. The minimum Gasteiger partial charge on any atom is -0.481 e. The van der Waals surface area contributed by atoms with Gasteiger partial charge in [-0.05, 0) is 31.4 Å². The second-order valence-electron chi connectivity index (χ2n) is 4.91. The van der Waals surface area contributed by atoms with Gasteiger partial charge in [0.15, 0.2) is 5.92 Å². The van der Waals surface area contributed by atoms with Crippen LogP contribution in [-0.4, -0.2) is 23.0 Å². The van der Waals surface area contributed by atoms with Gasteiger partial charge >= 0.3 is 17.9 Å². The van der Waals surface area contributed by atoms with E-state index in [-0.39, 0.29) is 5.56 Å². The van der Waals surface area contributed by atoms with Crippen molar-refractivity contribution in [2.45, 2.75) is 19.3 Å². The average Bonchev–Trinajstić information content (AvgIpc) is 2.49. The van der Waals surface area contributed by atoms with Gasteiger partial charge in [0.05, 0.1) is 5.56 Å². The first-order valence-electron chi connectivity index (χ1n) is 6.80. The number of esters is 2. The molecule has 0 fully saturated rings. The highest BCUT2D eigenvalue weighted by molar-refractivity contribution is 6.03. The molecular weight excluding hydrogens is 272 g/mol. The molecule has 0 heterocycles. The van der Waals surface area contributed by atoms with Gasteiger partial charge in [0.2, 0.25) is 0 Å². The van der Waals surface area contributed by atoms with Gasteiger partial charge in [0.25, 0.3) is 0 Å². The van der Waals surface area contributed by atoms with Gasteiger partial charge in [0, 0.05) is 5.92 Å². The molecule has 0 amide bonds. The molecule has 0 saturated heterocycles. The molecule has 1 aromatic carbocycles. The lowest BCUT2D eigenvalue weighted by molar-refractivity contribution is -0.156. The Morgan fingerprint density at radius 1 is 1.19 bits per heavy atom. The van der Waals surface area contributed by atoms with Crippen molar-refractivity contribution in [1.82, 2.24) is 0 Å². The Kier molecular flexibility index (Phi) is 4.87. The number of aliphatic carboxylic acids is 1. The van der Waals surface area contributed by atoms with Gasteiger partial charge in [-0.3, -0.25) is 9.59 Å². The van der Waals surface area contributed by atoms with Crippen molar-refractivity contribution < 1.29 is 24.2 Å². The van der Waals surface area contributed by atoms with Crippen molar-refractivity contribution in [1.29, 1.82) is 0 Å². The Hall–Kier alpha value is -2.43. The molecule has 0 spiro atoms. The van der Waals surface area contributed by atoms with E-state index in [0.29, 0.717) is 6.42 Å². The topological polar surface area (TPSA) is 80.7 Å². The number of carbonyl (C=O) groups excluding carboxylic acids is 2. The monoisotopic (exact) mass is 288 g/mol. The normalized spacial score (nSPS) is 18.8. The molecule has 0 aromatic heterocycles. The van der Waals surface area contributed by atoms with Crippen molar-refractivity contribution in [3.63, 3.8) is 0 Å². The summed E-state index contributed by atoms with van der Waals surface area (Å²) in [6.07, 6.45) is 5.88. The van der Waals surface area contributed by atoms with Crippen LogP contribution < -0.4 is 0 Å². The number of carboxylic acid groups (broad SMARTS) is 1. The molecule has 2 unspecified atom stereocenters. The Labute approximate surface area is 122 Å². The molecule has 1 aliphatic carbocycles. The SMILES string of the molecule is O=C(OC(=O)C(C(=O)O)C1C=CCCC1)c1ccccc1. The summed E-state index contributed by atoms with van der Waals surface area (Å²) in [6, 6.07) is 8.02. The largest absolute Gasteiger partial charge is 0.481 e. The molecule has 1 aromatic rings. The minimum absolute atomic E-state index is 0.217. The molecule has 0 bridgehead atoms. The van der Waals surface area contributed by atoms with Crippen molar-refractivity contribution in [2.24, 2.45) is 11.8 Å². The Morgan fingerprint density at radius 3 is 2.48 bits per heavy atom. The second-order valence-corrected chi connectivity index (χ2v) is 4.91. The maximum Gasteiger partial charge on any atom is 0.345 e. The Bertz CT molecular complexity index is 561. The number of benzene rings is 1. The molecule has 1 N–H and O–H groups in total. The lowest BCUT2D eigenvalue weighted by atomic mass is 9.84. The zero-order valence-electron chi connectivity index (χ0n) is 11.4. The van der Waals surface area contributed by atoms with Crippen molar-refractivity contribution in [3.8, 4) is 0 Å². The number of rotatable bonds is 4. The summed E-state index contributed by atoms with van der Waals surface area (Å²) >= 11 is 0. The van der Waals surface area contributed by atoms with Gasteiger partial charge in [-0.1, -0.05) is 30.4 Å². The number of hydrogen-bond acceptors (Lipinski definition) is 4. The van der Waals surface area contributed by atoms with Crippen LogP contribution in [0.5, 0.6) is 0 Å². The first-order chi connectivity index (χ1) is 10.1. The van der Waals surface area contributed by atoms with Gasteiger partial charge in [-0.15, -0.1) is 0 Å². The summed E-state index contributed by atoms with van der Waals surface area (Å²) in [4.78, 5) is 35.1. The summed E-state index contributed by atoms with van der Waals surface area (Å²) in [7, 11) is 0. The molecule has 0 saturated carbocycles. The molecule has 21 heavy (non-hydrogen) atoms. The molecule has 5 nitrogen and oxygen atoms in total. The van der Waals surface area contributed by atoms with E-state index in [4.69, 9.17) is 4.74 Å². The van der Waals surface area contributed by atoms with Crippen LogP contribution in [0.25, 0.3) is 0 Å². The molecule has 0 radical (unpaired) electrons. The number of hydrogen-bond donors (Lipinski definition) is 1. The molecule has 2 atom stereocenters. The van der Waals surface area contributed by atoms with Crippen molar-refractivity contribution >= 4 is 17.9 Å². The number of carboxylic acids is 1. The quantitative estimate of drug-likeness (QED) is 0.523. The van der Waals surface area contributed by atoms with Crippen LogP contribution >= 0.6 is 0 Å². The van der Waals surface area contributed by atoms with E-state index >= 15 is 0 Å². The fourth-order valence-corrected chi connectivity index (χ4v) is 2.36. The third-order valence-corrected chi connectivity index (χ3v) is 3.44. The lowest BCUT2D eigenvalue weighted by Gasteiger charge is -2.21. The van der Waals surface area contributed by atoms with Crippen LogP contribution in [0, 0.1) is 11.8 Å². The van der Waals surface area contributed by atoms with E-state index in [9.17, 15) is 19.5 Å². The fourth-order valence-electron chi connectivity index (χ4n) is 2.36. The highest BCUT2D eigenvalue weighted by atomic mass is 16.6. The van der Waals surface area contributed by atoms with E-state index in [1.807, 2.05) is 6.08 Å². The van der Waals surface area contributed by atoms with Gasteiger partial charge in [-0.25, -0.2) is 4.79 Å². The number of ether oxygens (including phenoxy) is 1. The van der Waals surface area contributed by atoms with Crippen LogP contribution in [0.4, 0.5) is 0 Å². The van der Waals surface area contributed by atoms with Crippen LogP contribution in [0.2, 0.25) is 0 Å². The molecule has 1 aliphatic rings. The summed E-state index contributed by atoms with van der Waals surface area (Å²) in [5.41, 5.74) is 0.217. The van der Waals surface area contributed by atoms with Crippen LogP contribution in [0.3, 0.4) is 0 Å². The maximum atomic E-state index is 12.0. The molecule has 2 rings (SSSR count). The van der Waals surface area contributed by atoms with E-state index in [1.54, 1.807) is 24.3 Å². The highest BCUT2D eigenvalue weighted by Crippen LogP contribution is 2.26. The molecule has 0 aliphatic heterocycles. The first-order valence-corrected chi connectivity index (χ1v) is 6.80. The van der Waals surface area contributed by atoms with E-state index < -0.39 is 29.7 Å². The molecule has 110 valence electrons. The summed E-state index contributed by atoms with van der Waals surface area (Å²) in [5, 5.41) is 9.23. The number of carbonyl (C=O) groups is 3.